The predicted octanol–water partition coefficient (Wildman–Crippen LogP) is 4.09. The van der Waals surface area contributed by atoms with Crippen LogP contribution in [0.2, 0.25) is 0 Å². The molecule has 0 bridgehead atoms. The molecule has 0 unspecified atom stereocenters. The largest absolute Gasteiger partial charge is 0.355 e. The highest BCUT2D eigenvalue weighted by atomic mass is 32.2. The average Bonchev–Trinajstić information content (AvgIpc) is 3.22. The number of anilines is 1. The summed E-state index contributed by atoms with van der Waals surface area (Å²) in [7, 11) is 0. The summed E-state index contributed by atoms with van der Waals surface area (Å²) in [6, 6.07) is 10.2. The Hall–Kier alpha value is -1.71. The highest BCUT2D eigenvalue weighted by Gasteiger charge is 2.14. The summed E-state index contributed by atoms with van der Waals surface area (Å²) in [5.41, 5.74) is 0.958. The lowest BCUT2D eigenvalue weighted by Crippen LogP contribution is -2.33. The van der Waals surface area contributed by atoms with Gasteiger partial charge in [-0.05, 0) is 30.5 Å². The van der Waals surface area contributed by atoms with Gasteiger partial charge in [-0.3, -0.25) is 0 Å². The smallest absolute Gasteiger partial charge is 0.237 e. The zero-order valence-corrected chi connectivity index (χ0v) is 17.3. The minimum Gasteiger partial charge on any atom is -0.355 e. The van der Waals surface area contributed by atoms with Gasteiger partial charge in [0.25, 0.3) is 0 Å². The van der Waals surface area contributed by atoms with Crippen molar-refractivity contribution in [3.63, 3.8) is 0 Å². The molecule has 6 nitrogen and oxygen atoms in total. The van der Waals surface area contributed by atoms with Gasteiger partial charge in [-0.1, -0.05) is 16.9 Å². The zero-order valence-electron chi connectivity index (χ0n) is 14.9. The summed E-state index contributed by atoms with van der Waals surface area (Å²) in [5.74, 6) is 5.09. The molecule has 0 amide bonds. The Morgan fingerprint density at radius 1 is 1.15 bits per heavy atom. The first kappa shape index (κ1) is 18.6. The predicted molar refractivity (Wildman–Crippen MR) is 113 cm³/mol. The quantitative estimate of drug-likeness (QED) is 0.435. The van der Waals surface area contributed by atoms with Crippen LogP contribution in [0.1, 0.15) is 5.89 Å². The summed E-state index contributed by atoms with van der Waals surface area (Å²) in [6.45, 7) is 2.07. The van der Waals surface area contributed by atoms with Crippen LogP contribution < -0.4 is 4.90 Å². The zero-order chi connectivity index (χ0) is 18.5. The molecule has 9 heteroatoms. The van der Waals surface area contributed by atoms with E-state index in [0.717, 1.165) is 41.0 Å². The number of hydrogen-bond donors (Lipinski definition) is 0. The highest BCUT2D eigenvalue weighted by Crippen LogP contribution is 2.26. The molecule has 3 heterocycles. The second-order valence-electron chi connectivity index (χ2n) is 5.84. The Bertz CT molecular complexity index is 881. The minimum atomic E-state index is 0.586. The molecule has 1 saturated heterocycles. The second kappa shape index (κ2) is 8.99. The van der Waals surface area contributed by atoms with Crippen LogP contribution >= 0.6 is 35.3 Å². The van der Waals surface area contributed by atoms with Gasteiger partial charge in [0.15, 0.2) is 0 Å². The van der Waals surface area contributed by atoms with Crippen molar-refractivity contribution in [2.24, 2.45) is 0 Å². The molecule has 4 rings (SSSR count). The third-order valence-electron chi connectivity index (χ3n) is 4.12. The van der Waals surface area contributed by atoms with Gasteiger partial charge in [0.1, 0.15) is 17.2 Å². The molecule has 2 aromatic heterocycles. The Morgan fingerprint density at radius 2 is 1.96 bits per heavy atom. The number of thioether (sulfide) groups is 3. The molecule has 140 valence electrons. The van der Waals surface area contributed by atoms with E-state index in [1.807, 2.05) is 30.0 Å². The molecule has 0 radical (unpaired) electrons. The first-order valence-corrected chi connectivity index (χ1v) is 11.9. The van der Waals surface area contributed by atoms with E-state index >= 15 is 0 Å². The van der Waals surface area contributed by atoms with Crippen molar-refractivity contribution in [3.8, 4) is 11.4 Å². The van der Waals surface area contributed by atoms with Crippen LogP contribution in [0.25, 0.3) is 11.4 Å². The molecule has 0 N–H and O–H groups in total. The molecule has 1 aliphatic rings. The Balaban J connectivity index is 1.39. The number of hydrogen-bond acceptors (Lipinski definition) is 9. The Kier molecular flexibility index (Phi) is 6.21. The lowest BCUT2D eigenvalue weighted by atomic mass is 10.2. The second-order valence-corrected chi connectivity index (χ2v) is 8.94. The number of aromatic nitrogens is 4. The van der Waals surface area contributed by atoms with E-state index in [1.165, 1.54) is 4.90 Å². The molecule has 1 aliphatic heterocycles. The van der Waals surface area contributed by atoms with Crippen LogP contribution in [0.5, 0.6) is 0 Å². The van der Waals surface area contributed by atoms with E-state index in [4.69, 9.17) is 4.52 Å². The Labute approximate surface area is 170 Å². The Morgan fingerprint density at radius 3 is 2.74 bits per heavy atom. The summed E-state index contributed by atoms with van der Waals surface area (Å²) in [4.78, 5) is 16.8. The van der Waals surface area contributed by atoms with Crippen LogP contribution in [0, 0.1) is 0 Å². The average molecular weight is 418 g/mol. The van der Waals surface area contributed by atoms with Gasteiger partial charge in [-0.2, -0.15) is 16.7 Å². The fraction of sp³-hybridized carbons (Fsp3) is 0.333. The molecule has 1 aromatic carbocycles. The van der Waals surface area contributed by atoms with Crippen LogP contribution in [0.4, 0.5) is 5.82 Å². The van der Waals surface area contributed by atoms with Crippen LogP contribution in [0.3, 0.4) is 0 Å². The molecule has 3 aromatic rings. The van der Waals surface area contributed by atoms with Crippen molar-refractivity contribution < 1.29 is 4.52 Å². The van der Waals surface area contributed by atoms with Crippen LogP contribution in [-0.4, -0.2) is 51.0 Å². The summed E-state index contributed by atoms with van der Waals surface area (Å²) >= 11 is 5.28. The first-order chi connectivity index (χ1) is 13.3. The summed E-state index contributed by atoms with van der Waals surface area (Å²) in [6.07, 6.45) is 3.69. The fourth-order valence-corrected chi connectivity index (χ4v) is 4.69. The van der Waals surface area contributed by atoms with E-state index in [0.29, 0.717) is 17.5 Å². The lowest BCUT2D eigenvalue weighted by Gasteiger charge is -2.27. The number of rotatable bonds is 6. The van der Waals surface area contributed by atoms with E-state index < -0.39 is 0 Å². The third-order valence-corrected chi connectivity index (χ3v) is 6.72. The molecule has 27 heavy (non-hydrogen) atoms. The monoisotopic (exact) mass is 417 g/mol. The van der Waals surface area contributed by atoms with E-state index in [-0.39, 0.29) is 0 Å². The fourth-order valence-electron chi connectivity index (χ4n) is 2.68. The highest BCUT2D eigenvalue weighted by molar-refractivity contribution is 7.99. The van der Waals surface area contributed by atoms with Gasteiger partial charge in [0.05, 0.1) is 5.75 Å². The summed E-state index contributed by atoms with van der Waals surface area (Å²) in [5, 5.41) is 5.01. The van der Waals surface area contributed by atoms with Crippen molar-refractivity contribution in [1.82, 2.24) is 20.1 Å². The molecule has 0 saturated carbocycles. The van der Waals surface area contributed by atoms with Gasteiger partial charge < -0.3 is 9.42 Å². The van der Waals surface area contributed by atoms with E-state index in [2.05, 4.69) is 43.4 Å². The maximum atomic E-state index is 5.40. The maximum absolute atomic E-state index is 5.40. The van der Waals surface area contributed by atoms with Gasteiger partial charge in [0, 0.05) is 41.1 Å². The lowest BCUT2D eigenvalue weighted by molar-refractivity contribution is 0.391. The minimum absolute atomic E-state index is 0.586. The molecule has 0 aliphatic carbocycles. The molecular weight excluding hydrogens is 398 g/mol. The van der Waals surface area contributed by atoms with Crippen molar-refractivity contribution in [2.45, 2.75) is 15.7 Å². The van der Waals surface area contributed by atoms with Gasteiger partial charge in [0.2, 0.25) is 11.7 Å². The van der Waals surface area contributed by atoms with E-state index in [9.17, 15) is 0 Å². The van der Waals surface area contributed by atoms with E-state index in [1.54, 1.807) is 29.9 Å². The number of benzene rings is 1. The van der Waals surface area contributed by atoms with Crippen molar-refractivity contribution in [3.05, 3.63) is 42.5 Å². The third kappa shape index (κ3) is 4.77. The maximum Gasteiger partial charge on any atom is 0.237 e. The SMILES string of the molecule is CSc1ccc(-c2noc(CSc3cc(N4CCSCC4)ncn3)n2)cc1. The molecule has 1 fully saturated rings. The normalized spacial score (nSPS) is 14.5. The van der Waals surface area contributed by atoms with Gasteiger partial charge in [-0.25, -0.2) is 9.97 Å². The van der Waals surface area contributed by atoms with Crippen molar-refractivity contribution in [1.29, 1.82) is 0 Å². The topological polar surface area (TPSA) is 67.9 Å². The van der Waals surface area contributed by atoms with Gasteiger partial charge in [-0.15, -0.1) is 11.8 Å². The molecule has 0 spiro atoms. The number of nitrogens with zero attached hydrogens (tertiary/aromatic N) is 5. The van der Waals surface area contributed by atoms with Crippen molar-refractivity contribution >= 4 is 41.1 Å². The molecule has 0 atom stereocenters. The van der Waals surface area contributed by atoms with Gasteiger partial charge >= 0.3 is 0 Å². The van der Waals surface area contributed by atoms with Crippen LogP contribution in [-0.2, 0) is 5.75 Å². The van der Waals surface area contributed by atoms with Crippen molar-refractivity contribution in [2.75, 3.05) is 35.8 Å². The standard InChI is InChI=1S/C18H19N5OS3/c1-25-14-4-2-13(3-5-14)18-21-16(24-22-18)11-27-17-10-15(19-12-20-17)23-6-8-26-9-7-23/h2-5,10,12H,6-9,11H2,1H3. The first-order valence-electron chi connectivity index (χ1n) is 8.56. The summed E-state index contributed by atoms with van der Waals surface area (Å²) < 4.78 is 5.40. The van der Waals surface area contributed by atoms with Crippen LogP contribution in [0.15, 0.2) is 51.1 Å². The molecular formula is C18H19N5OS3.